The fourth-order valence-electron chi connectivity index (χ4n) is 2.13. The summed E-state index contributed by atoms with van der Waals surface area (Å²) >= 11 is 29.9. The Labute approximate surface area is 167 Å². The molecule has 126 valence electrons. The predicted molar refractivity (Wildman–Crippen MR) is 105 cm³/mol. The Kier molecular flexibility index (Phi) is 9.40. The van der Waals surface area contributed by atoms with Crippen molar-refractivity contribution in [1.82, 2.24) is 4.90 Å². The Morgan fingerprint density at radius 2 is 1.13 bits per heavy atom. The monoisotopic (exact) mass is 431 g/mol. The van der Waals surface area contributed by atoms with E-state index in [4.69, 9.17) is 58.0 Å². The molecular weight excluding hydrogens is 419 g/mol. The summed E-state index contributed by atoms with van der Waals surface area (Å²) in [4.78, 5) is 2.21. The van der Waals surface area contributed by atoms with Crippen LogP contribution in [-0.2, 0) is 13.1 Å². The number of hydrogen-bond acceptors (Lipinski definition) is 1. The molecule has 0 saturated carbocycles. The zero-order valence-corrected chi connectivity index (χ0v) is 16.6. The average Bonchev–Trinajstić information content (AvgIpc) is 2.47. The number of hydrogen-bond donors (Lipinski definition) is 0. The van der Waals surface area contributed by atoms with Gasteiger partial charge in [-0.2, -0.15) is 0 Å². The Morgan fingerprint density at radius 3 is 1.48 bits per heavy atom. The molecule has 0 aromatic heterocycles. The van der Waals surface area contributed by atoms with Crippen LogP contribution in [-0.4, -0.2) is 17.3 Å². The van der Waals surface area contributed by atoms with Crippen LogP contribution in [0, 0.1) is 0 Å². The van der Waals surface area contributed by atoms with Gasteiger partial charge in [0.1, 0.15) is 0 Å². The summed E-state index contributed by atoms with van der Waals surface area (Å²) in [7, 11) is 0. The third-order valence-electron chi connectivity index (χ3n) is 3.18. The quantitative estimate of drug-likeness (QED) is 0.445. The molecule has 0 saturated heterocycles. The molecule has 0 atom stereocenters. The van der Waals surface area contributed by atoms with Gasteiger partial charge in [0, 0.05) is 25.5 Å². The van der Waals surface area contributed by atoms with E-state index in [9.17, 15) is 0 Å². The molecule has 2 aromatic rings. The van der Waals surface area contributed by atoms with Crippen LogP contribution < -0.4 is 0 Å². The van der Waals surface area contributed by atoms with Crippen molar-refractivity contribution in [2.24, 2.45) is 0 Å². The van der Waals surface area contributed by atoms with E-state index < -0.39 is 0 Å². The van der Waals surface area contributed by atoms with Crippen molar-refractivity contribution in [2.75, 3.05) is 12.4 Å². The molecule has 23 heavy (non-hydrogen) atoms. The average molecular weight is 434 g/mol. The Morgan fingerprint density at radius 1 is 0.696 bits per heavy atom. The summed E-state index contributed by atoms with van der Waals surface area (Å²) in [6.45, 7) is 2.20. The minimum atomic E-state index is 0. The summed E-state index contributed by atoms with van der Waals surface area (Å²) in [5, 5.41) is 2.22. The van der Waals surface area contributed by atoms with Gasteiger partial charge in [-0.3, -0.25) is 4.90 Å². The molecule has 0 aliphatic carbocycles. The van der Waals surface area contributed by atoms with E-state index in [1.165, 1.54) is 0 Å². The third kappa shape index (κ3) is 6.51. The fraction of sp³-hybridized carbons (Fsp3) is 0.250. The van der Waals surface area contributed by atoms with E-state index in [0.29, 0.717) is 26.0 Å². The van der Waals surface area contributed by atoms with E-state index >= 15 is 0 Å². The van der Waals surface area contributed by atoms with Crippen LogP contribution in [0.3, 0.4) is 0 Å². The van der Waals surface area contributed by atoms with E-state index in [1.54, 1.807) is 12.1 Å². The van der Waals surface area contributed by atoms with Crippen molar-refractivity contribution in [1.29, 1.82) is 0 Å². The van der Waals surface area contributed by atoms with Crippen LogP contribution in [0.5, 0.6) is 0 Å². The molecule has 0 unspecified atom stereocenters. The predicted octanol–water partition coefficient (Wildman–Crippen LogP) is 6.96. The topological polar surface area (TPSA) is 3.24 Å². The fourth-order valence-corrected chi connectivity index (χ4v) is 3.01. The second-order valence-corrected chi connectivity index (χ2v) is 6.90. The lowest BCUT2D eigenvalue weighted by Gasteiger charge is -2.22. The van der Waals surface area contributed by atoms with Crippen molar-refractivity contribution in [3.63, 3.8) is 0 Å². The SMILES string of the molecule is Cl.ClCCN(Cc1ccc(Cl)c(Cl)c1)Cc1ccc(Cl)c(Cl)c1. The largest absolute Gasteiger partial charge is 0.294 e. The van der Waals surface area contributed by atoms with Gasteiger partial charge in [-0.25, -0.2) is 0 Å². The molecule has 7 heteroatoms. The van der Waals surface area contributed by atoms with Gasteiger partial charge in [0.2, 0.25) is 0 Å². The highest BCUT2D eigenvalue weighted by atomic mass is 35.5. The zero-order chi connectivity index (χ0) is 16.1. The maximum Gasteiger partial charge on any atom is 0.0595 e. The smallest absolute Gasteiger partial charge is 0.0595 e. The summed E-state index contributed by atoms with van der Waals surface area (Å²) in [5.41, 5.74) is 2.17. The lowest BCUT2D eigenvalue weighted by Crippen LogP contribution is -2.25. The first-order valence-electron chi connectivity index (χ1n) is 6.66. The second-order valence-electron chi connectivity index (χ2n) is 4.90. The van der Waals surface area contributed by atoms with Gasteiger partial charge in [-0.05, 0) is 35.4 Å². The summed E-state index contributed by atoms with van der Waals surface area (Å²) in [5.74, 6) is 0.544. The van der Waals surface area contributed by atoms with E-state index in [2.05, 4.69) is 4.90 Å². The summed E-state index contributed by atoms with van der Waals surface area (Å²) < 4.78 is 0. The highest BCUT2D eigenvalue weighted by molar-refractivity contribution is 6.42. The molecule has 0 radical (unpaired) electrons. The van der Waals surface area contributed by atoms with Crippen molar-refractivity contribution in [3.05, 3.63) is 67.6 Å². The van der Waals surface area contributed by atoms with E-state index in [1.807, 2.05) is 24.3 Å². The normalized spacial score (nSPS) is 10.7. The first-order valence-corrected chi connectivity index (χ1v) is 8.70. The van der Waals surface area contributed by atoms with Gasteiger partial charge < -0.3 is 0 Å². The standard InChI is InChI=1S/C16H14Cl5N.ClH/c17-5-6-22(9-11-1-3-13(18)15(20)7-11)10-12-2-4-14(19)16(21)8-12;/h1-4,7-8H,5-6,9-10H2;1H. The van der Waals surface area contributed by atoms with Gasteiger partial charge in [-0.15, -0.1) is 24.0 Å². The van der Waals surface area contributed by atoms with Gasteiger partial charge >= 0.3 is 0 Å². The molecule has 0 aliphatic rings. The van der Waals surface area contributed by atoms with Gasteiger partial charge in [0.05, 0.1) is 20.1 Å². The number of rotatable bonds is 6. The molecule has 2 rings (SSSR count). The highest BCUT2D eigenvalue weighted by Crippen LogP contribution is 2.25. The van der Waals surface area contributed by atoms with Crippen LogP contribution in [0.4, 0.5) is 0 Å². The minimum Gasteiger partial charge on any atom is -0.294 e. The number of alkyl halides is 1. The molecule has 0 bridgehead atoms. The Hall–Kier alpha value is 0.140. The Balaban J connectivity index is 0.00000264. The number of halogens is 6. The molecular formula is C16H15Cl6N. The molecule has 1 nitrogen and oxygen atoms in total. The lowest BCUT2D eigenvalue weighted by molar-refractivity contribution is 0.273. The number of benzene rings is 2. The van der Waals surface area contributed by atoms with Crippen molar-refractivity contribution < 1.29 is 0 Å². The minimum absolute atomic E-state index is 0. The van der Waals surface area contributed by atoms with Crippen LogP contribution in [0.2, 0.25) is 20.1 Å². The molecule has 0 heterocycles. The maximum atomic E-state index is 6.06. The van der Waals surface area contributed by atoms with E-state index in [-0.39, 0.29) is 12.4 Å². The second kappa shape index (κ2) is 10.2. The van der Waals surface area contributed by atoms with Gasteiger partial charge in [0.25, 0.3) is 0 Å². The zero-order valence-electron chi connectivity index (χ0n) is 12.0. The molecule has 0 amide bonds. The van der Waals surface area contributed by atoms with Crippen LogP contribution in [0.25, 0.3) is 0 Å². The highest BCUT2D eigenvalue weighted by Gasteiger charge is 2.09. The molecule has 0 spiro atoms. The third-order valence-corrected chi connectivity index (χ3v) is 4.83. The first kappa shape index (κ1) is 21.2. The summed E-state index contributed by atoms with van der Waals surface area (Å²) in [6, 6.07) is 11.3. The molecule has 0 N–H and O–H groups in total. The van der Waals surface area contributed by atoms with Gasteiger partial charge in [0.15, 0.2) is 0 Å². The molecule has 2 aromatic carbocycles. The molecule has 0 fully saturated rings. The van der Waals surface area contributed by atoms with Crippen LogP contribution >= 0.6 is 70.4 Å². The van der Waals surface area contributed by atoms with Crippen molar-refractivity contribution >= 4 is 70.4 Å². The summed E-state index contributed by atoms with van der Waals surface area (Å²) in [6.07, 6.45) is 0. The molecule has 0 aliphatic heterocycles. The maximum absolute atomic E-state index is 6.06. The van der Waals surface area contributed by atoms with Crippen molar-refractivity contribution in [2.45, 2.75) is 13.1 Å². The van der Waals surface area contributed by atoms with Crippen molar-refractivity contribution in [3.8, 4) is 0 Å². The number of nitrogens with zero attached hydrogens (tertiary/aromatic N) is 1. The van der Waals surface area contributed by atoms with Crippen LogP contribution in [0.1, 0.15) is 11.1 Å². The van der Waals surface area contributed by atoms with E-state index in [0.717, 1.165) is 30.8 Å². The Bertz CT molecular complexity index is 593. The van der Waals surface area contributed by atoms with Crippen LogP contribution in [0.15, 0.2) is 36.4 Å². The first-order chi connectivity index (χ1) is 10.5. The lowest BCUT2D eigenvalue weighted by atomic mass is 10.1. The van der Waals surface area contributed by atoms with Gasteiger partial charge in [-0.1, -0.05) is 58.5 Å².